The minimum absolute atomic E-state index is 0.414. The molecule has 98 valence electrons. The van der Waals surface area contributed by atoms with Crippen LogP contribution in [0.4, 0.5) is 0 Å². The SMILES string of the molecule is Cc1cc(CCN2CCCCC2)ccc1C(=O)O. The molecule has 2 rings (SSSR count). The van der Waals surface area contributed by atoms with Crippen molar-refractivity contribution in [3.05, 3.63) is 34.9 Å². The minimum atomic E-state index is -0.838. The van der Waals surface area contributed by atoms with Gasteiger partial charge in [-0.05, 0) is 56.5 Å². The average molecular weight is 247 g/mol. The van der Waals surface area contributed by atoms with Crippen molar-refractivity contribution >= 4 is 5.97 Å². The molecule has 1 fully saturated rings. The third-order valence-electron chi connectivity index (χ3n) is 3.69. The van der Waals surface area contributed by atoms with E-state index in [0.717, 1.165) is 18.5 Å². The first-order chi connectivity index (χ1) is 8.66. The summed E-state index contributed by atoms with van der Waals surface area (Å²) >= 11 is 0. The predicted molar refractivity (Wildman–Crippen MR) is 72.1 cm³/mol. The molecule has 0 aromatic heterocycles. The summed E-state index contributed by atoms with van der Waals surface area (Å²) in [6.45, 7) is 5.39. The standard InChI is InChI=1S/C15H21NO2/c1-12-11-13(5-6-14(12)15(17)18)7-10-16-8-3-2-4-9-16/h5-6,11H,2-4,7-10H2,1H3,(H,17,18). The molecule has 0 saturated carbocycles. The number of hydrogen-bond donors (Lipinski definition) is 1. The molecule has 0 bridgehead atoms. The second-order valence-electron chi connectivity index (χ2n) is 5.11. The zero-order chi connectivity index (χ0) is 13.0. The molecule has 1 aliphatic rings. The minimum Gasteiger partial charge on any atom is -0.478 e. The van der Waals surface area contributed by atoms with Crippen LogP contribution in [-0.2, 0) is 6.42 Å². The van der Waals surface area contributed by atoms with E-state index in [0.29, 0.717) is 5.56 Å². The van der Waals surface area contributed by atoms with Crippen LogP contribution in [0, 0.1) is 6.92 Å². The summed E-state index contributed by atoms with van der Waals surface area (Å²) in [7, 11) is 0. The number of hydrogen-bond acceptors (Lipinski definition) is 2. The van der Waals surface area contributed by atoms with Gasteiger partial charge in [-0.25, -0.2) is 4.79 Å². The maximum atomic E-state index is 10.9. The Hall–Kier alpha value is -1.35. The Labute approximate surface area is 108 Å². The highest BCUT2D eigenvalue weighted by Crippen LogP contribution is 2.14. The highest BCUT2D eigenvalue weighted by Gasteiger charge is 2.11. The number of likely N-dealkylation sites (tertiary alicyclic amines) is 1. The first-order valence-electron chi connectivity index (χ1n) is 6.72. The number of carboxylic acid groups (broad SMARTS) is 1. The molecule has 3 heteroatoms. The summed E-state index contributed by atoms with van der Waals surface area (Å²) in [6.07, 6.45) is 5.01. The Morgan fingerprint density at radius 1 is 1.28 bits per heavy atom. The van der Waals surface area contributed by atoms with Gasteiger partial charge in [-0.3, -0.25) is 0 Å². The van der Waals surface area contributed by atoms with Gasteiger partial charge in [-0.15, -0.1) is 0 Å². The van der Waals surface area contributed by atoms with Crippen molar-refractivity contribution in [2.24, 2.45) is 0 Å². The lowest BCUT2D eigenvalue weighted by molar-refractivity contribution is 0.0696. The van der Waals surface area contributed by atoms with Gasteiger partial charge in [0.05, 0.1) is 5.56 Å². The molecule has 1 heterocycles. The van der Waals surface area contributed by atoms with Gasteiger partial charge in [0.1, 0.15) is 0 Å². The smallest absolute Gasteiger partial charge is 0.335 e. The second-order valence-corrected chi connectivity index (χ2v) is 5.11. The van der Waals surface area contributed by atoms with Gasteiger partial charge in [0.2, 0.25) is 0 Å². The Kier molecular flexibility index (Phi) is 4.37. The van der Waals surface area contributed by atoms with Crippen LogP contribution in [0.1, 0.15) is 40.7 Å². The number of benzene rings is 1. The quantitative estimate of drug-likeness (QED) is 0.889. The number of piperidine rings is 1. The van der Waals surface area contributed by atoms with E-state index in [1.165, 1.54) is 37.9 Å². The number of aromatic carboxylic acids is 1. The van der Waals surface area contributed by atoms with Gasteiger partial charge in [0, 0.05) is 6.54 Å². The fourth-order valence-corrected chi connectivity index (χ4v) is 2.59. The fourth-order valence-electron chi connectivity index (χ4n) is 2.59. The summed E-state index contributed by atoms with van der Waals surface area (Å²) in [5, 5.41) is 8.98. The molecule has 0 aliphatic carbocycles. The summed E-state index contributed by atoms with van der Waals surface area (Å²) < 4.78 is 0. The van der Waals surface area contributed by atoms with E-state index in [-0.39, 0.29) is 0 Å². The van der Waals surface area contributed by atoms with E-state index in [2.05, 4.69) is 4.90 Å². The molecule has 0 amide bonds. The van der Waals surface area contributed by atoms with Gasteiger partial charge in [-0.1, -0.05) is 18.6 Å². The molecule has 1 aromatic rings. The number of carbonyl (C=O) groups is 1. The number of rotatable bonds is 4. The number of aryl methyl sites for hydroxylation is 1. The topological polar surface area (TPSA) is 40.5 Å². The largest absolute Gasteiger partial charge is 0.478 e. The van der Waals surface area contributed by atoms with Crippen molar-refractivity contribution in [2.45, 2.75) is 32.6 Å². The maximum absolute atomic E-state index is 10.9. The van der Waals surface area contributed by atoms with Crippen molar-refractivity contribution in [1.82, 2.24) is 4.90 Å². The summed E-state index contributed by atoms with van der Waals surface area (Å²) in [6, 6.07) is 5.68. The van der Waals surface area contributed by atoms with E-state index in [4.69, 9.17) is 5.11 Å². The highest BCUT2D eigenvalue weighted by atomic mass is 16.4. The van der Waals surface area contributed by atoms with Gasteiger partial charge in [0.15, 0.2) is 0 Å². The fraction of sp³-hybridized carbons (Fsp3) is 0.533. The first kappa shape index (κ1) is 13.1. The summed E-state index contributed by atoms with van der Waals surface area (Å²) in [5.41, 5.74) is 2.51. The number of nitrogens with zero attached hydrogens (tertiary/aromatic N) is 1. The molecule has 1 saturated heterocycles. The Morgan fingerprint density at radius 3 is 2.61 bits per heavy atom. The van der Waals surface area contributed by atoms with E-state index in [1.807, 2.05) is 19.1 Å². The van der Waals surface area contributed by atoms with Crippen LogP contribution < -0.4 is 0 Å². The molecule has 0 unspecified atom stereocenters. The summed E-state index contributed by atoms with van der Waals surface area (Å²) in [5.74, 6) is -0.838. The van der Waals surface area contributed by atoms with Crippen molar-refractivity contribution in [2.75, 3.05) is 19.6 Å². The third-order valence-corrected chi connectivity index (χ3v) is 3.69. The van der Waals surface area contributed by atoms with E-state index in [1.54, 1.807) is 6.07 Å². The highest BCUT2D eigenvalue weighted by molar-refractivity contribution is 5.89. The molecular formula is C15H21NO2. The molecule has 18 heavy (non-hydrogen) atoms. The Balaban J connectivity index is 1.93. The van der Waals surface area contributed by atoms with Crippen LogP contribution in [-0.4, -0.2) is 35.6 Å². The second kappa shape index (κ2) is 6.01. The van der Waals surface area contributed by atoms with Crippen LogP contribution in [0.2, 0.25) is 0 Å². The Bertz CT molecular complexity index is 423. The zero-order valence-electron chi connectivity index (χ0n) is 11.0. The molecule has 1 aromatic carbocycles. The van der Waals surface area contributed by atoms with Crippen LogP contribution in [0.5, 0.6) is 0 Å². The lowest BCUT2D eigenvalue weighted by atomic mass is 10.0. The first-order valence-corrected chi connectivity index (χ1v) is 6.72. The van der Waals surface area contributed by atoms with Crippen molar-refractivity contribution < 1.29 is 9.90 Å². The van der Waals surface area contributed by atoms with E-state index < -0.39 is 5.97 Å². The Morgan fingerprint density at radius 2 is 2.00 bits per heavy atom. The third kappa shape index (κ3) is 3.33. The molecule has 0 atom stereocenters. The van der Waals surface area contributed by atoms with E-state index in [9.17, 15) is 4.79 Å². The lowest BCUT2D eigenvalue weighted by Crippen LogP contribution is -2.31. The van der Waals surface area contributed by atoms with Crippen molar-refractivity contribution in [3.63, 3.8) is 0 Å². The van der Waals surface area contributed by atoms with Crippen molar-refractivity contribution in [1.29, 1.82) is 0 Å². The van der Waals surface area contributed by atoms with Crippen LogP contribution >= 0.6 is 0 Å². The molecule has 0 spiro atoms. The molecule has 1 N–H and O–H groups in total. The monoisotopic (exact) mass is 247 g/mol. The molecule has 0 radical (unpaired) electrons. The van der Waals surface area contributed by atoms with Gasteiger partial charge >= 0.3 is 5.97 Å². The van der Waals surface area contributed by atoms with Gasteiger partial charge < -0.3 is 10.0 Å². The average Bonchev–Trinajstić information content (AvgIpc) is 2.37. The molecular weight excluding hydrogens is 226 g/mol. The number of carboxylic acids is 1. The normalized spacial score (nSPS) is 16.7. The van der Waals surface area contributed by atoms with Crippen molar-refractivity contribution in [3.8, 4) is 0 Å². The molecule has 1 aliphatic heterocycles. The lowest BCUT2D eigenvalue weighted by Gasteiger charge is -2.26. The zero-order valence-corrected chi connectivity index (χ0v) is 11.0. The maximum Gasteiger partial charge on any atom is 0.335 e. The van der Waals surface area contributed by atoms with Gasteiger partial charge in [0.25, 0.3) is 0 Å². The summed E-state index contributed by atoms with van der Waals surface area (Å²) in [4.78, 5) is 13.4. The van der Waals surface area contributed by atoms with Crippen LogP contribution in [0.15, 0.2) is 18.2 Å². The van der Waals surface area contributed by atoms with Crippen LogP contribution in [0.3, 0.4) is 0 Å². The van der Waals surface area contributed by atoms with E-state index >= 15 is 0 Å². The molecule has 3 nitrogen and oxygen atoms in total. The predicted octanol–water partition coefficient (Wildman–Crippen LogP) is 2.72. The van der Waals surface area contributed by atoms with Gasteiger partial charge in [-0.2, -0.15) is 0 Å². The van der Waals surface area contributed by atoms with Crippen LogP contribution in [0.25, 0.3) is 0 Å².